The first-order valence-electron chi connectivity index (χ1n) is 10.3. The minimum atomic E-state index is -0.808. The molecule has 1 aliphatic carbocycles. The van der Waals surface area contributed by atoms with Crippen LogP contribution in [0.1, 0.15) is 74.6 Å². The highest BCUT2D eigenvalue weighted by Crippen LogP contribution is 2.32. The SMILES string of the molecule is Cc1ccc(C(C)NC(=O)CN2C(=O)NC3(CCCCCCC3)C2=O)cc1C. The third-order valence-electron chi connectivity index (χ3n) is 6.16. The van der Waals surface area contributed by atoms with E-state index in [1.165, 1.54) is 17.5 Å². The number of carbonyl (C=O) groups is 3. The molecule has 1 aromatic carbocycles. The van der Waals surface area contributed by atoms with E-state index in [-0.39, 0.29) is 24.4 Å². The predicted octanol–water partition coefficient (Wildman–Crippen LogP) is 3.52. The Balaban J connectivity index is 1.63. The standard InChI is InChI=1S/C22H31N3O3/c1-15-9-10-18(13-16(15)2)17(3)23-19(26)14-25-20(27)22(24-21(25)28)11-7-5-4-6-8-12-22/h9-10,13,17H,4-8,11-12,14H2,1-3H3,(H,23,26)(H,24,28). The van der Waals surface area contributed by atoms with Gasteiger partial charge in [-0.2, -0.15) is 0 Å². The highest BCUT2D eigenvalue weighted by molar-refractivity contribution is 6.09. The lowest BCUT2D eigenvalue weighted by Crippen LogP contribution is -2.48. The van der Waals surface area contributed by atoms with Crippen LogP contribution >= 0.6 is 0 Å². The zero-order chi connectivity index (χ0) is 20.3. The Morgan fingerprint density at radius 3 is 2.39 bits per heavy atom. The zero-order valence-corrected chi connectivity index (χ0v) is 17.1. The Morgan fingerprint density at radius 1 is 1.11 bits per heavy atom. The molecule has 2 fully saturated rings. The molecule has 2 N–H and O–H groups in total. The Morgan fingerprint density at radius 2 is 1.75 bits per heavy atom. The number of amides is 4. The maximum Gasteiger partial charge on any atom is 0.325 e. The maximum absolute atomic E-state index is 13.0. The molecule has 28 heavy (non-hydrogen) atoms. The zero-order valence-electron chi connectivity index (χ0n) is 17.1. The van der Waals surface area contributed by atoms with E-state index >= 15 is 0 Å². The van der Waals surface area contributed by atoms with Crippen LogP contribution in [0.4, 0.5) is 4.79 Å². The molecule has 0 aromatic heterocycles. The summed E-state index contributed by atoms with van der Waals surface area (Å²) in [5, 5.41) is 5.81. The van der Waals surface area contributed by atoms with Gasteiger partial charge in [0.15, 0.2) is 0 Å². The Kier molecular flexibility index (Phi) is 6.06. The van der Waals surface area contributed by atoms with Gasteiger partial charge in [-0.3, -0.25) is 14.5 Å². The van der Waals surface area contributed by atoms with Gasteiger partial charge in [0.05, 0.1) is 6.04 Å². The summed E-state index contributed by atoms with van der Waals surface area (Å²) in [5.41, 5.74) is 2.56. The monoisotopic (exact) mass is 385 g/mol. The van der Waals surface area contributed by atoms with Crippen molar-refractivity contribution in [2.75, 3.05) is 6.54 Å². The lowest BCUT2D eigenvalue weighted by atomic mass is 9.84. The molecule has 1 saturated heterocycles. The van der Waals surface area contributed by atoms with Crippen LogP contribution < -0.4 is 10.6 Å². The van der Waals surface area contributed by atoms with Gasteiger partial charge in [-0.25, -0.2) is 4.79 Å². The van der Waals surface area contributed by atoms with Gasteiger partial charge >= 0.3 is 6.03 Å². The third kappa shape index (κ3) is 4.21. The second kappa shape index (κ2) is 8.33. The smallest absolute Gasteiger partial charge is 0.325 e. The molecule has 1 aliphatic heterocycles. The second-order valence-electron chi connectivity index (χ2n) is 8.30. The number of hydrogen-bond donors (Lipinski definition) is 2. The van der Waals surface area contributed by atoms with Crippen LogP contribution in [0.2, 0.25) is 0 Å². The fourth-order valence-electron chi connectivity index (χ4n) is 4.22. The largest absolute Gasteiger partial charge is 0.348 e. The minimum Gasteiger partial charge on any atom is -0.348 e. The highest BCUT2D eigenvalue weighted by atomic mass is 16.2. The van der Waals surface area contributed by atoms with E-state index in [2.05, 4.69) is 16.7 Å². The number of rotatable bonds is 4. The number of carbonyl (C=O) groups excluding carboxylic acids is 3. The van der Waals surface area contributed by atoms with Crippen molar-refractivity contribution in [2.24, 2.45) is 0 Å². The first-order valence-corrected chi connectivity index (χ1v) is 10.3. The van der Waals surface area contributed by atoms with Gasteiger partial charge in [0.25, 0.3) is 5.91 Å². The van der Waals surface area contributed by atoms with E-state index < -0.39 is 11.6 Å². The Hall–Kier alpha value is -2.37. The molecule has 4 amide bonds. The molecule has 0 bridgehead atoms. The molecule has 1 atom stereocenters. The number of aryl methyl sites for hydroxylation is 2. The molecule has 1 heterocycles. The van der Waals surface area contributed by atoms with E-state index in [4.69, 9.17) is 0 Å². The highest BCUT2D eigenvalue weighted by Gasteiger charge is 2.50. The number of benzene rings is 1. The second-order valence-corrected chi connectivity index (χ2v) is 8.30. The first-order chi connectivity index (χ1) is 13.3. The summed E-state index contributed by atoms with van der Waals surface area (Å²) in [6.07, 6.45) is 6.52. The molecule has 1 unspecified atom stereocenters. The Bertz CT molecular complexity index is 766. The third-order valence-corrected chi connectivity index (χ3v) is 6.16. The van der Waals surface area contributed by atoms with Crippen molar-refractivity contribution in [1.29, 1.82) is 0 Å². The van der Waals surface area contributed by atoms with E-state index in [1.54, 1.807) is 0 Å². The van der Waals surface area contributed by atoms with Crippen molar-refractivity contribution in [2.45, 2.75) is 77.3 Å². The molecular weight excluding hydrogens is 354 g/mol. The van der Waals surface area contributed by atoms with Gasteiger partial charge in [0, 0.05) is 0 Å². The first kappa shape index (κ1) is 20.4. The quantitative estimate of drug-likeness (QED) is 0.779. The minimum absolute atomic E-state index is 0.192. The van der Waals surface area contributed by atoms with E-state index in [0.29, 0.717) is 12.8 Å². The van der Waals surface area contributed by atoms with Crippen molar-refractivity contribution < 1.29 is 14.4 Å². The fourth-order valence-corrected chi connectivity index (χ4v) is 4.22. The summed E-state index contributed by atoms with van der Waals surface area (Å²) in [6.45, 7) is 5.76. The summed E-state index contributed by atoms with van der Waals surface area (Å²) < 4.78 is 0. The van der Waals surface area contributed by atoms with Gasteiger partial charge in [-0.05, 0) is 50.3 Å². The van der Waals surface area contributed by atoms with Crippen molar-refractivity contribution in [3.8, 4) is 0 Å². The summed E-state index contributed by atoms with van der Waals surface area (Å²) in [5.74, 6) is -0.564. The fraction of sp³-hybridized carbons (Fsp3) is 0.591. The number of nitrogens with one attached hydrogen (secondary N) is 2. The van der Waals surface area contributed by atoms with Crippen LogP contribution in [0.15, 0.2) is 18.2 Å². The molecule has 1 aromatic rings. The average molecular weight is 386 g/mol. The van der Waals surface area contributed by atoms with E-state index in [1.807, 2.05) is 32.9 Å². The normalized spacial score (nSPS) is 20.5. The molecule has 3 rings (SSSR count). The van der Waals surface area contributed by atoms with Gasteiger partial charge in [0.1, 0.15) is 12.1 Å². The van der Waals surface area contributed by atoms with Crippen LogP contribution in [0.5, 0.6) is 0 Å². The molecule has 1 saturated carbocycles. The number of hydrogen-bond acceptors (Lipinski definition) is 3. The summed E-state index contributed by atoms with van der Waals surface area (Å²) in [6, 6.07) is 5.44. The summed E-state index contributed by atoms with van der Waals surface area (Å²) in [4.78, 5) is 39.1. The van der Waals surface area contributed by atoms with Crippen molar-refractivity contribution in [1.82, 2.24) is 15.5 Å². The Labute approximate surface area is 167 Å². The van der Waals surface area contributed by atoms with Crippen molar-refractivity contribution in [3.63, 3.8) is 0 Å². The molecule has 152 valence electrons. The molecule has 6 heteroatoms. The number of nitrogens with zero attached hydrogens (tertiary/aromatic N) is 1. The topological polar surface area (TPSA) is 78.5 Å². The number of urea groups is 1. The van der Waals surface area contributed by atoms with E-state index in [0.717, 1.165) is 36.1 Å². The van der Waals surface area contributed by atoms with Crippen LogP contribution in [-0.2, 0) is 9.59 Å². The molecule has 2 aliphatic rings. The lowest BCUT2D eigenvalue weighted by molar-refractivity contribution is -0.135. The molecule has 1 spiro atoms. The number of imide groups is 1. The van der Waals surface area contributed by atoms with Gasteiger partial charge in [-0.1, -0.05) is 50.3 Å². The van der Waals surface area contributed by atoms with Crippen molar-refractivity contribution in [3.05, 3.63) is 34.9 Å². The molecule has 0 radical (unpaired) electrons. The van der Waals surface area contributed by atoms with Gasteiger partial charge in [-0.15, -0.1) is 0 Å². The van der Waals surface area contributed by atoms with Gasteiger partial charge in [0.2, 0.25) is 5.91 Å². The lowest BCUT2D eigenvalue weighted by Gasteiger charge is -2.28. The summed E-state index contributed by atoms with van der Waals surface area (Å²) in [7, 11) is 0. The van der Waals surface area contributed by atoms with E-state index in [9.17, 15) is 14.4 Å². The van der Waals surface area contributed by atoms with Crippen LogP contribution in [0, 0.1) is 13.8 Å². The maximum atomic E-state index is 13.0. The molecular formula is C22H31N3O3. The summed E-state index contributed by atoms with van der Waals surface area (Å²) >= 11 is 0. The predicted molar refractivity (Wildman–Crippen MR) is 108 cm³/mol. The van der Waals surface area contributed by atoms with Crippen molar-refractivity contribution >= 4 is 17.8 Å². The van der Waals surface area contributed by atoms with Crippen LogP contribution in [0.25, 0.3) is 0 Å². The van der Waals surface area contributed by atoms with Crippen LogP contribution in [-0.4, -0.2) is 34.8 Å². The van der Waals surface area contributed by atoms with Crippen LogP contribution in [0.3, 0.4) is 0 Å². The molecule has 6 nitrogen and oxygen atoms in total. The van der Waals surface area contributed by atoms with Gasteiger partial charge < -0.3 is 10.6 Å². The average Bonchev–Trinajstić information content (AvgIpc) is 2.85.